The number of Topliss-reactive ketones (excluding diaryl/α,β-unsaturated/α-hetero) is 1. The van der Waals surface area contributed by atoms with Crippen LogP contribution in [0.5, 0.6) is 0 Å². The molecular weight excluding hydrogens is 280 g/mol. The molecule has 22 heavy (non-hydrogen) atoms. The molecule has 1 N–H and O–H groups in total. The van der Waals surface area contributed by atoms with E-state index in [0.29, 0.717) is 6.42 Å². The number of carbonyl (C=O) groups excluding carboxylic acids is 2. The van der Waals surface area contributed by atoms with Crippen molar-refractivity contribution in [2.45, 2.75) is 90.6 Å². The Morgan fingerprint density at radius 2 is 1.73 bits per heavy atom. The highest BCUT2D eigenvalue weighted by molar-refractivity contribution is 6.18. The molecule has 1 aliphatic heterocycles. The first-order valence-electron chi connectivity index (χ1n) is 8.76. The van der Waals surface area contributed by atoms with Crippen molar-refractivity contribution in [3.8, 4) is 0 Å². The van der Waals surface area contributed by atoms with Crippen LogP contribution in [-0.4, -0.2) is 23.0 Å². The van der Waals surface area contributed by atoms with Gasteiger partial charge >= 0.3 is 5.97 Å². The predicted molar refractivity (Wildman–Crippen MR) is 86.7 cm³/mol. The molecule has 0 radical (unpaired) electrons. The Hall–Kier alpha value is -1.32. The number of ketones is 1. The van der Waals surface area contributed by atoms with Crippen molar-refractivity contribution in [1.82, 2.24) is 0 Å². The third kappa shape index (κ3) is 6.20. The van der Waals surface area contributed by atoms with Crippen LogP contribution in [0, 0.1) is 0 Å². The molecule has 0 aliphatic carbocycles. The van der Waals surface area contributed by atoms with Crippen LogP contribution in [0.25, 0.3) is 0 Å². The first kappa shape index (κ1) is 18.7. The van der Waals surface area contributed by atoms with Crippen LogP contribution in [0.15, 0.2) is 11.3 Å². The maximum atomic E-state index is 11.9. The van der Waals surface area contributed by atoms with Gasteiger partial charge in [-0.25, -0.2) is 4.79 Å². The van der Waals surface area contributed by atoms with Gasteiger partial charge in [0.1, 0.15) is 17.4 Å². The zero-order valence-corrected chi connectivity index (χ0v) is 14.0. The maximum absolute atomic E-state index is 11.9. The first-order chi connectivity index (χ1) is 10.6. The summed E-state index contributed by atoms with van der Waals surface area (Å²) >= 11 is 0. The quantitative estimate of drug-likeness (QED) is 0.343. The number of cyclic esters (lactones) is 1. The Morgan fingerprint density at radius 1 is 1.09 bits per heavy atom. The van der Waals surface area contributed by atoms with Crippen molar-refractivity contribution < 1.29 is 19.4 Å². The van der Waals surface area contributed by atoms with Gasteiger partial charge in [-0.15, -0.1) is 0 Å². The van der Waals surface area contributed by atoms with Crippen molar-refractivity contribution >= 4 is 11.8 Å². The fourth-order valence-electron chi connectivity index (χ4n) is 2.80. The summed E-state index contributed by atoms with van der Waals surface area (Å²) in [7, 11) is 0. The topological polar surface area (TPSA) is 63.6 Å². The smallest absolute Gasteiger partial charge is 0.345 e. The lowest BCUT2D eigenvalue weighted by molar-refractivity contribution is -0.148. The number of esters is 1. The van der Waals surface area contributed by atoms with E-state index in [1.807, 2.05) is 6.92 Å². The fourth-order valence-corrected chi connectivity index (χ4v) is 2.80. The Kier molecular flexibility index (Phi) is 8.86. The molecule has 0 saturated heterocycles. The van der Waals surface area contributed by atoms with Crippen molar-refractivity contribution in [1.29, 1.82) is 0 Å². The molecule has 1 rings (SSSR count). The lowest BCUT2D eigenvalue weighted by Gasteiger charge is -2.23. The predicted octanol–water partition coefficient (Wildman–Crippen LogP) is 4.62. The fraction of sp³-hybridized carbons (Fsp3) is 0.778. The van der Waals surface area contributed by atoms with Crippen LogP contribution >= 0.6 is 0 Å². The highest BCUT2D eigenvalue weighted by Gasteiger charge is 2.32. The summed E-state index contributed by atoms with van der Waals surface area (Å²) in [6.45, 7) is 4.07. The summed E-state index contributed by atoms with van der Waals surface area (Å²) in [4.78, 5) is 23.7. The number of aliphatic hydroxyl groups is 1. The SMILES string of the molecule is CCCCCCCCC[C@H]1CC(O)=C(C(=O)CCC)C(=O)O1. The van der Waals surface area contributed by atoms with Crippen LogP contribution in [0.4, 0.5) is 0 Å². The zero-order chi connectivity index (χ0) is 16.4. The monoisotopic (exact) mass is 310 g/mol. The van der Waals surface area contributed by atoms with Crippen molar-refractivity contribution in [2.75, 3.05) is 0 Å². The molecule has 1 heterocycles. The van der Waals surface area contributed by atoms with Gasteiger partial charge in [-0.05, 0) is 19.3 Å². The van der Waals surface area contributed by atoms with E-state index in [0.717, 1.165) is 19.3 Å². The third-order valence-corrected chi connectivity index (χ3v) is 4.07. The second-order valence-electron chi connectivity index (χ2n) is 6.14. The van der Waals surface area contributed by atoms with E-state index in [-0.39, 0.29) is 36.1 Å². The van der Waals surface area contributed by atoms with Crippen LogP contribution in [0.2, 0.25) is 0 Å². The van der Waals surface area contributed by atoms with Gasteiger partial charge in [0.15, 0.2) is 5.78 Å². The molecule has 126 valence electrons. The summed E-state index contributed by atoms with van der Waals surface area (Å²) in [5.74, 6) is -1.03. The Balaban J connectivity index is 2.32. The van der Waals surface area contributed by atoms with E-state index in [1.54, 1.807) is 0 Å². The van der Waals surface area contributed by atoms with Gasteiger partial charge in [-0.3, -0.25) is 4.79 Å². The molecule has 0 spiro atoms. The van der Waals surface area contributed by atoms with Crippen LogP contribution < -0.4 is 0 Å². The Labute approximate surface area is 133 Å². The van der Waals surface area contributed by atoms with Gasteiger partial charge in [-0.1, -0.05) is 52.4 Å². The number of aliphatic hydroxyl groups excluding tert-OH is 1. The van der Waals surface area contributed by atoms with E-state index in [2.05, 4.69) is 6.92 Å². The number of carbonyl (C=O) groups is 2. The molecule has 0 bridgehead atoms. The van der Waals surface area contributed by atoms with Crippen molar-refractivity contribution in [3.05, 3.63) is 11.3 Å². The molecule has 4 nitrogen and oxygen atoms in total. The summed E-state index contributed by atoms with van der Waals surface area (Å²) in [5.41, 5.74) is -0.127. The van der Waals surface area contributed by atoms with E-state index in [4.69, 9.17) is 4.74 Å². The van der Waals surface area contributed by atoms with E-state index >= 15 is 0 Å². The number of rotatable bonds is 11. The summed E-state index contributed by atoms with van der Waals surface area (Å²) < 4.78 is 5.30. The molecular formula is C18H30O4. The lowest BCUT2D eigenvalue weighted by Crippen LogP contribution is -2.30. The second kappa shape index (κ2) is 10.4. The molecule has 0 aromatic carbocycles. The molecule has 4 heteroatoms. The molecule has 0 aromatic heterocycles. The highest BCUT2D eigenvalue weighted by atomic mass is 16.5. The highest BCUT2D eigenvalue weighted by Crippen LogP contribution is 2.25. The largest absolute Gasteiger partial charge is 0.511 e. The molecule has 0 amide bonds. The van der Waals surface area contributed by atoms with E-state index in [1.165, 1.54) is 32.1 Å². The average molecular weight is 310 g/mol. The molecule has 0 fully saturated rings. The molecule has 1 aliphatic rings. The molecule has 0 unspecified atom stereocenters. The van der Waals surface area contributed by atoms with Gasteiger partial charge in [0.25, 0.3) is 0 Å². The lowest BCUT2D eigenvalue weighted by atomic mass is 9.97. The van der Waals surface area contributed by atoms with Gasteiger partial charge in [-0.2, -0.15) is 0 Å². The summed E-state index contributed by atoms with van der Waals surface area (Å²) in [6.07, 6.45) is 10.1. The second-order valence-corrected chi connectivity index (χ2v) is 6.14. The van der Waals surface area contributed by atoms with Crippen LogP contribution in [0.1, 0.15) is 84.5 Å². The summed E-state index contributed by atoms with van der Waals surface area (Å²) in [5, 5.41) is 9.96. The Morgan fingerprint density at radius 3 is 2.32 bits per heavy atom. The van der Waals surface area contributed by atoms with Crippen molar-refractivity contribution in [3.63, 3.8) is 0 Å². The van der Waals surface area contributed by atoms with E-state index < -0.39 is 5.97 Å². The van der Waals surface area contributed by atoms with Crippen LogP contribution in [0.3, 0.4) is 0 Å². The number of unbranched alkanes of at least 4 members (excludes halogenated alkanes) is 6. The van der Waals surface area contributed by atoms with Gasteiger partial charge in [0.2, 0.25) is 0 Å². The minimum absolute atomic E-state index is 0.0809. The van der Waals surface area contributed by atoms with Crippen molar-refractivity contribution in [2.24, 2.45) is 0 Å². The number of hydrogen-bond acceptors (Lipinski definition) is 4. The molecule has 1 atom stereocenters. The van der Waals surface area contributed by atoms with Crippen LogP contribution in [-0.2, 0) is 14.3 Å². The molecule has 0 saturated carbocycles. The standard InChI is InChI=1S/C18H30O4/c1-3-5-6-7-8-9-10-12-14-13-16(20)17(18(21)22-14)15(19)11-4-2/h14,20H,3-13H2,1-2H3/t14-/m0/s1. The van der Waals surface area contributed by atoms with Gasteiger partial charge in [0.05, 0.1) is 0 Å². The normalized spacial score (nSPS) is 18.5. The first-order valence-corrected chi connectivity index (χ1v) is 8.76. The number of hydrogen-bond donors (Lipinski definition) is 1. The van der Waals surface area contributed by atoms with Gasteiger partial charge < -0.3 is 9.84 Å². The number of ether oxygens (including phenoxy) is 1. The zero-order valence-electron chi connectivity index (χ0n) is 14.0. The minimum Gasteiger partial charge on any atom is -0.511 e. The average Bonchev–Trinajstić information content (AvgIpc) is 2.46. The summed E-state index contributed by atoms with van der Waals surface area (Å²) in [6, 6.07) is 0. The Bertz CT molecular complexity index is 398. The van der Waals surface area contributed by atoms with Gasteiger partial charge in [0, 0.05) is 12.8 Å². The molecule has 0 aromatic rings. The maximum Gasteiger partial charge on any atom is 0.345 e. The minimum atomic E-state index is -0.643. The van der Waals surface area contributed by atoms with E-state index in [9.17, 15) is 14.7 Å². The third-order valence-electron chi connectivity index (χ3n) is 4.07.